The standard InChI is InChI=1S/C14H15N3O/c18-14(10-5-6-10)16-7-8-17-12-4-2-1-3-11(12)15-13(17)9-16/h1-4,10H,5-9H2. The van der Waals surface area contributed by atoms with Crippen LogP contribution in [-0.4, -0.2) is 26.9 Å². The quantitative estimate of drug-likeness (QED) is 0.763. The summed E-state index contributed by atoms with van der Waals surface area (Å²) in [5.41, 5.74) is 2.22. The first-order valence-corrected chi connectivity index (χ1v) is 6.56. The SMILES string of the molecule is O=C(C1CC1)N1CCn2c(nc3ccccc32)C1. The molecule has 4 heteroatoms. The van der Waals surface area contributed by atoms with E-state index in [0.29, 0.717) is 18.4 Å². The van der Waals surface area contributed by atoms with Gasteiger partial charge in [-0.25, -0.2) is 4.98 Å². The van der Waals surface area contributed by atoms with E-state index in [1.54, 1.807) is 0 Å². The molecule has 1 fully saturated rings. The van der Waals surface area contributed by atoms with Gasteiger partial charge in [0.25, 0.3) is 0 Å². The van der Waals surface area contributed by atoms with E-state index in [1.165, 1.54) is 5.52 Å². The van der Waals surface area contributed by atoms with Gasteiger partial charge < -0.3 is 9.47 Å². The predicted octanol–water partition coefficient (Wildman–Crippen LogP) is 1.79. The molecule has 92 valence electrons. The summed E-state index contributed by atoms with van der Waals surface area (Å²) in [6.45, 7) is 2.36. The average molecular weight is 241 g/mol. The second-order valence-electron chi connectivity index (χ2n) is 5.20. The molecule has 4 nitrogen and oxygen atoms in total. The van der Waals surface area contributed by atoms with Crippen LogP contribution in [-0.2, 0) is 17.9 Å². The lowest BCUT2D eigenvalue weighted by Crippen LogP contribution is -2.39. The van der Waals surface area contributed by atoms with Crippen molar-refractivity contribution < 1.29 is 4.79 Å². The third-order valence-electron chi connectivity index (χ3n) is 3.90. The molecule has 0 atom stereocenters. The number of fused-ring (bicyclic) bond motifs is 3. The number of rotatable bonds is 1. The lowest BCUT2D eigenvalue weighted by molar-refractivity contribution is -0.134. The smallest absolute Gasteiger partial charge is 0.226 e. The Bertz CT molecular complexity index is 627. The van der Waals surface area contributed by atoms with Crippen molar-refractivity contribution in [3.63, 3.8) is 0 Å². The fourth-order valence-electron chi connectivity index (χ4n) is 2.74. The van der Waals surface area contributed by atoms with Gasteiger partial charge in [0.05, 0.1) is 17.6 Å². The molecule has 2 heterocycles. The maximum atomic E-state index is 12.1. The Morgan fingerprint density at radius 3 is 2.89 bits per heavy atom. The van der Waals surface area contributed by atoms with Gasteiger partial charge in [0.15, 0.2) is 0 Å². The minimum absolute atomic E-state index is 0.306. The van der Waals surface area contributed by atoms with Gasteiger partial charge in [-0.15, -0.1) is 0 Å². The van der Waals surface area contributed by atoms with E-state index < -0.39 is 0 Å². The Morgan fingerprint density at radius 1 is 1.22 bits per heavy atom. The Balaban J connectivity index is 1.70. The van der Waals surface area contributed by atoms with Crippen molar-refractivity contribution in [2.75, 3.05) is 6.54 Å². The number of imidazole rings is 1. The summed E-state index contributed by atoms with van der Waals surface area (Å²) in [5, 5.41) is 0. The fraction of sp³-hybridized carbons (Fsp3) is 0.429. The second-order valence-corrected chi connectivity index (χ2v) is 5.20. The highest BCUT2D eigenvalue weighted by atomic mass is 16.2. The van der Waals surface area contributed by atoms with Crippen LogP contribution in [0.15, 0.2) is 24.3 Å². The molecule has 2 aliphatic rings. The molecule has 1 aromatic carbocycles. The number of carbonyl (C=O) groups excluding carboxylic acids is 1. The topological polar surface area (TPSA) is 38.1 Å². The van der Waals surface area contributed by atoms with E-state index in [0.717, 1.165) is 37.3 Å². The van der Waals surface area contributed by atoms with Crippen molar-refractivity contribution in [3.8, 4) is 0 Å². The zero-order valence-electron chi connectivity index (χ0n) is 10.2. The van der Waals surface area contributed by atoms with Gasteiger partial charge in [0.1, 0.15) is 5.82 Å². The molecule has 4 rings (SSSR count). The normalized spacial score (nSPS) is 19.0. The number of para-hydroxylation sites is 2. The van der Waals surface area contributed by atoms with Crippen molar-refractivity contribution in [3.05, 3.63) is 30.1 Å². The summed E-state index contributed by atoms with van der Waals surface area (Å²) < 4.78 is 2.24. The molecule has 2 aromatic rings. The number of hydrogen-bond acceptors (Lipinski definition) is 2. The Morgan fingerprint density at radius 2 is 2.06 bits per heavy atom. The van der Waals surface area contributed by atoms with Gasteiger partial charge in [-0.3, -0.25) is 4.79 Å². The minimum atomic E-state index is 0.306. The number of nitrogens with zero attached hydrogens (tertiary/aromatic N) is 3. The largest absolute Gasteiger partial charge is 0.333 e. The molecule has 18 heavy (non-hydrogen) atoms. The third kappa shape index (κ3) is 1.45. The minimum Gasteiger partial charge on any atom is -0.333 e. The number of carbonyl (C=O) groups is 1. The van der Waals surface area contributed by atoms with E-state index in [-0.39, 0.29) is 0 Å². The molecule has 0 radical (unpaired) electrons. The lowest BCUT2D eigenvalue weighted by atomic mass is 10.3. The zero-order valence-corrected chi connectivity index (χ0v) is 10.2. The first-order chi connectivity index (χ1) is 8.83. The number of benzene rings is 1. The highest BCUT2D eigenvalue weighted by Gasteiger charge is 2.35. The van der Waals surface area contributed by atoms with Crippen LogP contribution in [0.1, 0.15) is 18.7 Å². The summed E-state index contributed by atoms with van der Waals surface area (Å²) in [4.78, 5) is 18.7. The number of aromatic nitrogens is 2. The molecule has 0 bridgehead atoms. The van der Waals surface area contributed by atoms with Gasteiger partial charge in [0, 0.05) is 19.0 Å². The summed E-state index contributed by atoms with van der Waals surface area (Å²) in [5.74, 6) is 1.66. The van der Waals surface area contributed by atoms with Crippen LogP contribution in [0, 0.1) is 5.92 Å². The predicted molar refractivity (Wildman–Crippen MR) is 67.9 cm³/mol. The van der Waals surface area contributed by atoms with Crippen LogP contribution >= 0.6 is 0 Å². The highest BCUT2D eigenvalue weighted by Crippen LogP contribution is 2.32. The molecule has 0 spiro atoms. The second kappa shape index (κ2) is 3.57. The van der Waals surface area contributed by atoms with Crippen LogP contribution in [0.25, 0.3) is 11.0 Å². The van der Waals surface area contributed by atoms with Gasteiger partial charge in [0.2, 0.25) is 5.91 Å². The summed E-state index contributed by atoms with van der Waals surface area (Å²) in [6, 6.07) is 8.19. The molecule has 1 amide bonds. The molecule has 0 saturated heterocycles. The van der Waals surface area contributed by atoms with Crippen LogP contribution in [0.4, 0.5) is 0 Å². The molecule has 1 aliphatic carbocycles. The van der Waals surface area contributed by atoms with Crippen LogP contribution in [0.3, 0.4) is 0 Å². The molecule has 1 aliphatic heterocycles. The molecular formula is C14H15N3O. The zero-order chi connectivity index (χ0) is 12.1. The first kappa shape index (κ1) is 10.1. The molecule has 0 N–H and O–H groups in total. The Labute approximate surface area is 105 Å². The average Bonchev–Trinajstić information content (AvgIpc) is 3.18. The van der Waals surface area contributed by atoms with E-state index in [4.69, 9.17) is 0 Å². The monoisotopic (exact) mass is 241 g/mol. The fourth-order valence-corrected chi connectivity index (χ4v) is 2.74. The van der Waals surface area contributed by atoms with E-state index in [2.05, 4.69) is 15.6 Å². The molecule has 1 aromatic heterocycles. The van der Waals surface area contributed by atoms with Crippen LogP contribution in [0.5, 0.6) is 0 Å². The lowest BCUT2D eigenvalue weighted by Gasteiger charge is -2.28. The van der Waals surface area contributed by atoms with Crippen molar-refractivity contribution in [1.82, 2.24) is 14.5 Å². The van der Waals surface area contributed by atoms with E-state index >= 15 is 0 Å². The van der Waals surface area contributed by atoms with Crippen molar-refractivity contribution >= 4 is 16.9 Å². The Hall–Kier alpha value is -1.84. The summed E-state index contributed by atoms with van der Waals surface area (Å²) >= 11 is 0. The van der Waals surface area contributed by atoms with E-state index in [1.807, 2.05) is 23.1 Å². The number of amides is 1. The van der Waals surface area contributed by atoms with Gasteiger partial charge >= 0.3 is 0 Å². The maximum Gasteiger partial charge on any atom is 0.226 e. The Kier molecular flexibility index (Phi) is 2.01. The highest BCUT2D eigenvalue weighted by molar-refractivity contribution is 5.81. The van der Waals surface area contributed by atoms with Gasteiger partial charge in [-0.2, -0.15) is 0 Å². The molecular weight excluding hydrogens is 226 g/mol. The van der Waals surface area contributed by atoms with Crippen molar-refractivity contribution in [2.24, 2.45) is 5.92 Å². The molecule has 1 saturated carbocycles. The third-order valence-corrected chi connectivity index (χ3v) is 3.90. The van der Waals surface area contributed by atoms with Crippen molar-refractivity contribution in [1.29, 1.82) is 0 Å². The number of hydrogen-bond donors (Lipinski definition) is 0. The molecule has 0 unspecified atom stereocenters. The van der Waals surface area contributed by atoms with Gasteiger partial charge in [-0.05, 0) is 25.0 Å². The summed E-state index contributed by atoms with van der Waals surface area (Å²) in [6.07, 6.45) is 2.15. The van der Waals surface area contributed by atoms with Crippen LogP contribution < -0.4 is 0 Å². The van der Waals surface area contributed by atoms with Crippen LogP contribution in [0.2, 0.25) is 0 Å². The first-order valence-electron chi connectivity index (χ1n) is 6.56. The summed E-state index contributed by atoms with van der Waals surface area (Å²) in [7, 11) is 0. The van der Waals surface area contributed by atoms with Gasteiger partial charge in [-0.1, -0.05) is 12.1 Å². The van der Waals surface area contributed by atoms with Crippen molar-refractivity contribution in [2.45, 2.75) is 25.9 Å². The van der Waals surface area contributed by atoms with E-state index in [9.17, 15) is 4.79 Å². The maximum absolute atomic E-state index is 12.1.